The maximum absolute atomic E-state index is 4.46. The zero-order valence-corrected chi connectivity index (χ0v) is 11.7. The molecule has 0 aliphatic carbocycles. The van der Waals surface area contributed by atoms with Crippen molar-refractivity contribution in [2.24, 2.45) is 5.41 Å². The molecular formula is C14H24N4. The van der Waals surface area contributed by atoms with Gasteiger partial charge in [-0.2, -0.15) is 0 Å². The highest BCUT2D eigenvalue weighted by atomic mass is 15.1. The van der Waals surface area contributed by atoms with Crippen LogP contribution >= 0.6 is 0 Å². The van der Waals surface area contributed by atoms with Crippen LogP contribution in [0.1, 0.15) is 39.3 Å². The van der Waals surface area contributed by atoms with Gasteiger partial charge in [-0.1, -0.05) is 13.8 Å². The predicted molar refractivity (Wildman–Crippen MR) is 74.5 cm³/mol. The van der Waals surface area contributed by atoms with E-state index in [9.17, 15) is 0 Å². The molecule has 100 valence electrons. The molecule has 4 nitrogen and oxygen atoms in total. The molecule has 2 heterocycles. The molecule has 1 aliphatic rings. The number of aromatic nitrogens is 2. The van der Waals surface area contributed by atoms with Gasteiger partial charge in [0.25, 0.3) is 0 Å². The smallest absolute Gasteiger partial charge is 0.144 e. The molecule has 2 rings (SSSR count). The number of likely N-dealkylation sites (tertiary alicyclic amines) is 1. The quantitative estimate of drug-likeness (QED) is 0.889. The zero-order chi connectivity index (χ0) is 13.0. The molecule has 0 saturated carbocycles. The van der Waals surface area contributed by atoms with Crippen LogP contribution in [0, 0.1) is 5.41 Å². The summed E-state index contributed by atoms with van der Waals surface area (Å²) in [6, 6.07) is 0. The second kappa shape index (κ2) is 5.65. The van der Waals surface area contributed by atoms with Crippen molar-refractivity contribution in [1.29, 1.82) is 0 Å². The van der Waals surface area contributed by atoms with Gasteiger partial charge in [-0.15, -0.1) is 0 Å². The van der Waals surface area contributed by atoms with Gasteiger partial charge in [0.2, 0.25) is 0 Å². The summed E-state index contributed by atoms with van der Waals surface area (Å²) in [7, 11) is 0. The number of rotatable bonds is 4. The van der Waals surface area contributed by atoms with Crippen molar-refractivity contribution in [1.82, 2.24) is 14.9 Å². The van der Waals surface area contributed by atoms with Crippen molar-refractivity contribution in [3.05, 3.63) is 18.1 Å². The lowest BCUT2D eigenvalue weighted by Crippen LogP contribution is -2.37. The van der Waals surface area contributed by atoms with E-state index in [-0.39, 0.29) is 0 Å². The van der Waals surface area contributed by atoms with Gasteiger partial charge in [0.15, 0.2) is 0 Å². The third-order valence-corrected chi connectivity index (χ3v) is 3.66. The van der Waals surface area contributed by atoms with Gasteiger partial charge < -0.3 is 5.32 Å². The summed E-state index contributed by atoms with van der Waals surface area (Å²) in [4.78, 5) is 11.3. The van der Waals surface area contributed by atoms with Crippen molar-refractivity contribution >= 4 is 5.82 Å². The normalized spacial score (nSPS) is 19.7. The van der Waals surface area contributed by atoms with Crippen molar-refractivity contribution in [2.45, 2.75) is 40.2 Å². The van der Waals surface area contributed by atoms with Crippen LogP contribution in [0.5, 0.6) is 0 Å². The van der Waals surface area contributed by atoms with Gasteiger partial charge in [0, 0.05) is 13.1 Å². The van der Waals surface area contributed by atoms with E-state index in [2.05, 4.69) is 41.0 Å². The van der Waals surface area contributed by atoms with Crippen LogP contribution in [0.3, 0.4) is 0 Å². The van der Waals surface area contributed by atoms with Gasteiger partial charge in [-0.05, 0) is 38.3 Å². The van der Waals surface area contributed by atoms with Crippen molar-refractivity contribution < 1.29 is 0 Å². The first-order valence-corrected chi connectivity index (χ1v) is 6.86. The Morgan fingerprint density at radius 1 is 1.22 bits per heavy atom. The van der Waals surface area contributed by atoms with Gasteiger partial charge in [-0.25, -0.2) is 4.98 Å². The molecule has 0 atom stereocenters. The van der Waals surface area contributed by atoms with Gasteiger partial charge in [-0.3, -0.25) is 9.88 Å². The van der Waals surface area contributed by atoms with Gasteiger partial charge in [0.1, 0.15) is 5.82 Å². The largest absolute Gasteiger partial charge is 0.369 e. The summed E-state index contributed by atoms with van der Waals surface area (Å²) in [5.74, 6) is 0.862. The van der Waals surface area contributed by atoms with Crippen LogP contribution in [-0.2, 0) is 6.54 Å². The number of piperidine rings is 1. The van der Waals surface area contributed by atoms with E-state index in [1.54, 1.807) is 0 Å². The third-order valence-electron chi connectivity index (χ3n) is 3.66. The van der Waals surface area contributed by atoms with Crippen molar-refractivity contribution in [3.8, 4) is 0 Å². The maximum Gasteiger partial charge on any atom is 0.144 e. The Kier molecular flexibility index (Phi) is 4.17. The maximum atomic E-state index is 4.46. The molecular weight excluding hydrogens is 224 g/mol. The van der Waals surface area contributed by atoms with E-state index in [1.807, 2.05) is 12.4 Å². The molecule has 1 saturated heterocycles. The molecule has 0 amide bonds. The zero-order valence-electron chi connectivity index (χ0n) is 11.7. The molecule has 0 bridgehead atoms. The molecule has 1 fully saturated rings. The monoisotopic (exact) mass is 248 g/mol. The molecule has 18 heavy (non-hydrogen) atoms. The van der Waals surface area contributed by atoms with Crippen LogP contribution in [0.25, 0.3) is 0 Å². The van der Waals surface area contributed by atoms with E-state index in [0.717, 1.165) is 24.6 Å². The Labute approximate surface area is 110 Å². The van der Waals surface area contributed by atoms with Gasteiger partial charge in [0.05, 0.1) is 18.1 Å². The Morgan fingerprint density at radius 3 is 2.50 bits per heavy atom. The van der Waals surface area contributed by atoms with E-state index < -0.39 is 0 Å². The molecule has 1 aromatic heterocycles. The number of anilines is 1. The Balaban J connectivity index is 1.86. The molecule has 4 heteroatoms. The first kappa shape index (κ1) is 13.3. The van der Waals surface area contributed by atoms with Gasteiger partial charge >= 0.3 is 0 Å². The highest BCUT2D eigenvalue weighted by Crippen LogP contribution is 2.30. The van der Waals surface area contributed by atoms with E-state index in [1.165, 1.54) is 25.9 Å². The fourth-order valence-electron chi connectivity index (χ4n) is 2.25. The highest BCUT2D eigenvalue weighted by Gasteiger charge is 2.25. The van der Waals surface area contributed by atoms with Crippen LogP contribution in [0.2, 0.25) is 0 Å². The molecule has 0 unspecified atom stereocenters. The second-order valence-electron chi connectivity index (χ2n) is 5.86. The molecule has 1 aliphatic heterocycles. The Hall–Kier alpha value is -1.16. The minimum Gasteiger partial charge on any atom is -0.369 e. The standard InChI is InChI=1S/C14H24N4/c1-4-15-13-10-16-12(9-17-13)11-18-7-5-14(2,3)6-8-18/h9-10H,4-8,11H2,1-3H3,(H,15,17). The summed E-state index contributed by atoms with van der Waals surface area (Å²) in [5.41, 5.74) is 1.58. The SMILES string of the molecule is CCNc1cnc(CN2CCC(C)(C)CC2)cn1. The lowest BCUT2D eigenvalue weighted by molar-refractivity contribution is 0.126. The summed E-state index contributed by atoms with van der Waals surface area (Å²) in [6.07, 6.45) is 6.26. The fourth-order valence-corrected chi connectivity index (χ4v) is 2.25. The number of hydrogen-bond acceptors (Lipinski definition) is 4. The van der Waals surface area contributed by atoms with Crippen LogP contribution in [-0.4, -0.2) is 34.5 Å². The van der Waals surface area contributed by atoms with Crippen molar-refractivity contribution in [2.75, 3.05) is 25.0 Å². The second-order valence-corrected chi connectivity index (χ2v) is 5.86. The van der Waals surface area contributed by atoms with E-state index in [0.29, 0.717) is 5.41 Å². The average Bonchev–Trinajstić information content (AvgIpc) is 2.35. The topological polar surface area (TPSA) is 41.1 Å². The van der Waals surface area contributed by atoms with E-state index in [4.69, 9.17) is 0 Å². The molecule has 0 radical (unpaired) electrons. The highest BCUT2D eigenvalue weighted by molar-refractivity contribution is 5.30. The first-order chi connectivity index (χ1) is 8.59. The van der Waals surface area contributed by atoms with Crippen LogP contribution in [0.15, 0.2) is 12.4 Å². The van der Waals surface area contributed by atoms with Crippen LogP contribution < -0.4 is 5.32 Å². The van der Waals surface area contributed by atoms with Crippen LogP contribution in [0.4, 0.5) is 5.82 Å². The molecule has 1 N–H and O–H groups in total. The molecule has 1 aromatic rings. The summed E-state index contributed by atoms with van der Waals surface area (Å²) in [5, 5.41) is 3.16. The fraction of sp³-hybridized carbons (Fsp3) is 0.714. The predicted octanol–water partition coefficient (Wildman–Crippen LogP) is 2.53. The lowest BCUT2D eigenvalue weighted by Gasteiger charge is -2.36. The summed E-state index contributed by atoms with van der Waals surface area (Å²) in [6.45, 7) is 10.9. The first-order valence-electron chi connectivity index (χ1n) is 6.86. The summed E-state index contributed by atoms with van der Waals surface area (Å²) < 4.78 is 0. The molecule has 0 spiro atoms. The lowest BCUT2D eigenvalue weighted by atomic mass is 9.83. The molecule has 0 aromatic carbocycles. The van der Waals surface area contributed by atoms with Crippen molar-refractivity contribution in [3.63, 3.8) is 0 Å². The minimum absolute atomic E-state index is 0.511. The Morgan fingerprint density at radius 2 is 1.94 bits per heavy atom. The third kappa shape index (κ3) is 3.67. The average molecular weight is 248 g/mol. The number of nitrogens with one attached hydrogen (secondary N) is 1. The minimum atomic E-state index is 0.511. The van der Waals surface area contributed by atoms with E-state index >= 15 is 0 Å². The summed E-state index contributed by atoms with van der Waals surface area (Å²) >= 11 is 0. The Bertz CT molecular complexity index is 362. The number of nitrogens with zero attached hydrogens (tertiary/aromatic N) is 3. The number of hydrogen-bond donors (Lipinski definition) is 1.